The van der Waals surface area contributed by atoms with E-state index in [1.807, 2.05) is 46.2 Å². The van der Waals surface area contributed by atoms with Crippen LogP contribution in [0.15, 0.2) is 82.6 Å². The molecule has 0 unspecified atom stereocenters. The van der Waals surface area contributed by atoms with Crippen LogP contribution < -0.4 is 0 Å². The van der Waals surface area contributed by atoms with Crippen molar-refractivity contribution < 1.29 is 22.3 Å². The third-order valence-corrected chi connectivity index (χ3v) is 3.34. The molecule has 2 aromatic carbocycles. The lowest BCUT2D eigenvalue weighted by atomic mass is 9.95. The number of ketones is 2. The fourth-order valence-electron chi connectivity index (χ4n) is 1.75. The van der Waals surface area contributed by atoms with Crippen molar-refractivity contribution in [2.24, 2.45) is 9.80 Å². The number of carbonyl (C=O) groups excluding carboxylic acids is 2. The first kappa shape index (κ1) is 21.9. The number of nitrogens with zero attached hydrogens (tertiary/aromatic N) is 6. The largest absolute Gasteiger partial charge is 0.409 e. The van der Waals surface area contributed by atoms with E-state index in [9.17, 15) is 18.0 Å². The van der Waals surface area contributed by atoms with Gasteiger partial charge in [-0.05, 0) is 23.2 Å². The first-order valence-corrected chi connectivity index (χ1v) is 8.68. The average Bonchev–Trinajstić information content (AvgIpc) is 2.72. The lowest BCUT2D eigenvalue weighted by molar-refractivity contribution is 0.0994. The lowest BCUT2D eigenvalue weighted by Gasteiger charge is -2.06. The van der Waals surface area contributed by atoms with E-state index in [-0.39, 0.29) is 11.6 Å². The molecule has 11 nitrogen and oxygen atoms in total. The molecule has 0 spiro atoms. The van der Waals surface area contributed by atoms with Gasteiger partial charge in [0.2, 0.25) is 0 Å². The van der Waals surface area contributed by atoms with Crippen LogP contribution in [-0.4, -0.2) is 20.0 Å². The summed E-state index contributed by atoms with van der Waals surface area (Å²) in [6.07, 6.45) is 2.62. The fourth-order valence-corrected chi connectivity index (χ4v) is 1.98. The Balaban J connectivity index is 0.000000222. The van der Waals surface area contributed by atoms with Gasteiger partial charge in [0.25, 0.3) is 0 Å². The van der Waals surface area contributed by atoms with Gasteiger partial charge in [-0.15, -0.1) is 0 Å². The number of benzene rings is 2. The van der Waals surface area contributed by atoms with Gasteiger partial charge in [-0.25, -0.2) is 0 Å². The highest BCUT2D eigenvalue weighted by Gasteiger charge is 2.16. The van der Waals surface area contributed by atoms with Gasteiger partial charge in [-0.1, -0.05) is 60.7 Å². The van der Waals surface area contributed by atoms with Gasteiger partial charge in [-0.2, -0.15) is 8.42 Å². The Labute approximate surface area is 159 Å². The standard InChI is InChI=1S/C10H6O2.C6H6.N6O3S/c11-9-5-6-10(12)8-4-2-1-3-7(8)9;1-2-4-6-5-3-1;1-3-5-9-10(7,8)6-4-2/h1-6H;1-6H;. The van der Waals surface area contributed by atoms with Crippen molar-refractivity contribution in [3.8, 4) is 0 Å². The topological polar surface area (TPSA) is 175 Å². The Kier molecular flexibility index (Phi) is 9.00. The summed E-state index contributed by atoms with van der Waals surface area (Å²) in [7, 11) is -4.41. The maximum atomic E-state index is 11.2. The summed E-state index contributed by atoms with van der Waals surface area (Å²) in [5, 5.41) is 2.19. The highest BCUT2D eigenvalue weighted by Crippen LogP contribution is 2.15. The predicted octanol–water partition coefficient (Wildman–Crippen LogP) is 4.09. The van der Waals surface area contributed by atoms with Gasteiger partial charge >= 0.3 is 10.3 Å². The van der Waals surface area contributed by atoms with Crippen molar-refractivity contribution in [2.45, 2.75) is 0 Å². The summed E-state index contributed by atoms with van der Waals surface area (Å²) in [5.74, 6) is -0.185. The van der Waals surface area contributed by atoms with Crippen molar-refractivity contribution in [1.82, 2.24) is 0 Å². The molecule has 0 bridgehead atoms. The molecule has 1 aliphatic carbocycles. The van der Waals surface area contributed by atoms with E-state index < -0.39 is 10.3 Å². The molecular weight excluding hydrogens is 388 g/mol. The Morgan fingerprint density at radius 2 is 1.18 bits per heavy atom. The Hall–Kier alpha value is -4.11. The normalized spacial score (nSPS) is 11.1. The van der Waals surface area contributed by atoms with Crippen LogP contribution in [0.4, 0.5) is 0 Å². The van der Waals surface area contributed by atoms with Crippen LogP contribution in [0.2, 0.25) is 0 Å². The van der Waals surface area contributed by atoms with Crippen LogP contribution in [0.25, 0.3) is 20.9 Å². The van der Waals surface area contributed by atoms with Crippen LogP contribution in [0.3, 0.4) is 0 Å². The number of carbonyl (C=O) groups is 2. The van der Waals surface area contributed by atoms with Gasteiger partial charge < -0.3 is 4.28 Å². The maximum absolute atomic E-state index is 11.2. The molecule has 1 aliphatic rings. The van der Waals surface area contributed by atoms with Crippen LogP contribution in [0.1, 0.15) is 20.7 Å². The molecule has 0 radical (unpaired) electrons. The Morgan fingerprint density at radius 3 is 1.54 bits per heavy atom. The summed E-state index contributed by atoms with van der Waals surface area (Å²) in [5.41, 5.74) is 16.1. The van der Waals surface area contributed by atoms with E-state index in [1.165, 1.54) is 12.2 Å². The summed E-state index contributed by atoms with van der Waals surface area (Å²) < 4.78 is 25.7. The molecule has 0 aliphatic heterocycles. The molecule has 142 valence electrons. The molecule has 28 heavy (non-hydrogen) atoms. The third kappa shape index (κ3) is 7.85. The minimum atomic E-state index is -4.41. The summed E-state index contributed by atoms with van der Waals surface area (Å²) in [6, 6.07) is 18.8. The minimum Gasteiger partial charge on any atom is -0.304 e. The van der Waals surface area contributed by atoms with Crippen molar-refractivity contribution in [1.29, 1.82) is 0 Å². The first-order valence-electron chi connectivity index (χ1n) is 7.31. The second-order valence-electron chi connectivity index (χ2n) is 4.61. The molecule has 0 fully saturated rings. The molecule has 0 saturated heterocycles. The molecular formula is C16H12N6O5S. The second-order valence-corrected chi connectivity index (χ2v) is 5.77. The van der Waals surface area contributed by atoms with Gasteiger partial charge in [0.15, 0.2) is 11.6 Å². The summed E-state index contributed by atoms with van der Waals surface area (Å²) in [4.78, 5) is 26.2. The molecule has 0 amide bonds. The van der Waals surface area contributed by atoms with Gasteiger partial charge in [0.1, 0.15) is 5.28 Å². The SMILES string of the molecule is O=C1C=CC(=O)c2ccccc21.[N-]=[N+]=NOS(=O)(=O)N=[N+]=[N-].c1ccccc1. The van der Waals surface area contributed by atoms with Crippen molar-refractivity contribution >= 4 is 21.9 Å². The highest BCUT2D eigenvalue weighted by molar-refractivity contribution is 7.85. The van der Waals surface area contributed by atoms with Crippen LogP contribution in [0.5, 0.6) is 0 Å². The van der Waals surface area contributed by atoms with Gasteiger partial charge in [0.05, 0.1) is 4.52 Å². The quantitative estimate of drug-likeness (QED) is 0.325. The molecule has 2 aromatic rings. The molecule has 3 rings (SSSR count). The van der Waals surface area contributed by atoms with Crippen LogP contribution in [-0.2, 0) is 14.6 Å². The van der Waals surface area contributed by atoms with Crippen LogP contribution >= 0.6 is 0 Å². The second kappa shape index (κ2) is 11.5. The van der Waals surface area contributed by atoms with E-state index in [1.54, 1.807) is 24.3 Å². The van der Waals surface area contributed by atoms with E-state index in [0.29, 0.717) is 11.1 Å². The number of rotatable bonds is 3. The van der Waals surface area contributed by atoms with Crippen molar-refractivity contribution in [3.05, 3.63) is 105 Å². The highest BCUT2D eigenvalue weighted by atomic mass is 32.2. The minimum absolute atomic E-state index is 0.0924. The first-order chi connectivity index (χ1) is 13.4. The predicted molar refractivity (Wildman–Crippen MR) is 99.0 cm³/mol. The number of hydrogen-bond donors (Lipinski definition) is 0. The average molecular weight is 400 g/mol. The van der Waals surface area contributed by atoms with E-state index >= 15 is 0 Å². The number of allylic oxidation sites excluding steroid dienone is 2. The smallest absolute Gasteiger partial charge is 0.304 e. The summed E-state index contributed by atoms with van der Waals surface area (Å²) in [6.45, 7) is 0. The number of azide groups is 2. The fraction of sp³-hybridized carbons (Fsp3) is 0. The molecule has 0 atom stereocenters. The third-order valence-electron chi connectivity index (χ3n) is 2.81. The summed E-state index contributed by atoms with van der Waals surface area (Å²) >= 11 is 0. The molecule has 12 heteroatoms. The van der Waals surface area contributed by atoms with Gasteiger partial charge in [-0.3, -0.25) is 9.59 Å². The molecule has 0 aromatic heterocycles. The maximum Gasteiger partial charge on any atom is 0.409 e. The van der Waals surface area contributed by atoms with Crippen molar-refractivity contribution in [3.63, 3.8) is 0 Å². The van der Waals surface area contributed by atoms with E-state index in [0.717, 1.165) is 0 Å². The molecule has 0 heterocycles. The van der Waals surface area contributed by atoms with E-state index in [4.69, 9.17) is 11.1 Å². The monoisotopic (exact) mass is 400 g/mol. The van der Waals surface area contributed by atoms with E-state index in [2.05, 4.69) is 14.1 Å². The Morgan fingerprint density at radius 1 is 0.750 bits per heavy atom. The van der Waals surface area contributed by atoms with Crippen LogP contribution in [0, 0.1) is 0 Å². The zero-order valence-electron chi connectivity index (χ0n) is 14.1. The number of hydrogen-bond acceptors (Lipinski definition) is 6. The lowest BCUT2D eigenvalue weighted by Crippen LogP contribution is -2.10. The van der Waals surface area contributed by atoms with Gasteiger partial charge in [0, 0.05) is 21.0 Å². The zero-order chi connectivity index (χ0) is 20.8. The molecule has 0 N–H and O–H groups in total. The molecule has 0 saturated carbocycles. The Bertz CT molecular complexity index is 992. The zero-order valence-corrected chi connectivity index (χ0v) is 14.9. The number of fused-ring (bicyclic) bond motifs is 1. The van der Waals surface area contributed by atoms with Crippen molar-refractivity contribution in [2.75, 3.05) is 0 Å².